The lowest BCUT2D eigenvalue weighted by molar-refractivity contribution is 0.0503. The molecule has 4 nitrogen and oxygen atoms in total. The molecule has 2 N–H and O–H groups in total. The fourth-order valence-corrected chi connectivity index (χ4v) is 2.53. The first-order valence-electron chi connectivity index (χ1n) is 6.69. The zero-order chi connectivity index (χ0) is 15.0. The minimum Gasteiger partial charge on any atom is -0.444 e. The predicted octanol–water partition coefficient (Wildman–Crippen LogP) is 3.05. The summed E-state index contributed by atoms with van der Waals surface area (Å²) in [5.41, 5.74) is -0.513. The van der Waals surface area contributed by atoms with Crippen LogP contribution in [0.2, 0.25) is 0 Å². The van der Waals surface area contributed by atoms with Crippen LogP contribution in [0, 0.1) is 0 Å². The van der Waals surface area contributed by atoms with E-state index in [-0.39, 0.29) is 12.6 Å². The van der Waals surface area contributed by atoms with Gasteiger partial charge in [-0.15, -0.1) is 11.8 Å². The van der Waals surface area contributed by atoms with Crippen LogP contribution in [0.5, 0.6) is 0 Å². The molecule has 0 heterocycles. The minimum atomic E-state index is -0.513. The molecule has 0 saturated carbocycles. The van der Waals surface area contributed by atoms with E-state index < -0.39 is 11.7 Å². The lowest BCUT2D eigenvalue weighted by Crippen LogP contribution is -2.40. The molecule has 112 valence electrons. The van der Waals surface area contributed by atoms with Crippen molar-refractivity contribution in [2.75, 3.05) is 12.4 Å². The van der Waals surface area contributed by atoms with Crippen LogP contribution in [0.25, 0.3) is 0 Å². The van der Waals surface area contributed by atoms with Crippen molar-refractivity contribution in [3.63, 3.8) is 0 Å². The number of ether oxygens (including phenoxy) is 1. The van der Waals surface area contributed by atoms with Crippen LogP contribution in [0.1, 0.15) is 27.2 Å². The Kier molecular flexibility index (Phi) is 6.88. The lowest BCUT2D eigenvalue weighted by atomic mass is 10.2. The number of aliphatic hydroxyl groups excluding tert-OH is 1. The van der Waals surface area contributed by atoms with Gasteiger partial charge in [0.15, 0.2) is 0 Å². The van der Waals surface area contributed by atoms with Crippen LogP contribution in [0.3, 0.4) is 0 Å². The molecule has 0 unspecified atom stereocenters. The predicted molar refractivity (Wildman–Crippen MR) is 82.0 cm³/mol. The molecular formula is C15H23NO3S. The Bertz CT molecular complexity index is 403. The van der Waals surface area contributed by atoms with Gasteiger partial charge < -0.3 is 15.2 Å². The van der Waals surface area contributed by atoms with Gasteiger partial charge in [-0.3, -0.25) is 0 Å². The zero-order valence-electron chi connectivity index (χ0n) is 12.3. The van der Waals surface area contributed by atoms with Crippen LogP contribution in [0.4, 0.5) is 4.79 Å². The molecule has 0 saturated heterocycles. The van der Waals surface area contributed by atoms with Crippen LogP contribution < -0.4 is 5.32 Å². The first-order chi connectivity index (χ1) is 9.40. The molecule has 0 aliphatic rings. The van der Waals surface area contributed by atoms with Gasteiger partial charge >= 0.3 is 6.09 Å². The van der Waals surface area contributed by atoms with E-state index in [0.717, 1.165) is 4.90 Å². The van der Waals surface area contributed by atoms with Crippen LogP contribution >= 0.6 is 11.8 Å². The average Bonchev–Trinajstić information content (AvgIpc) is 2.35. The van der Waals surface area contributed by atoms with E-state index in [0.29, 0.717) is 12.2 Å². The normalized spacial score (nSPS) is 12.8. The molecule has 0 bridgehead atoms. The molecule has 1 aromatic carbocycles. The van der Waals surface area contributed by atoms with Crippen LogP contribution in [-0.4, -0.2) is 35.2 Å². The van der Waals surface area contributed by atoms with E-state index >= 15 is 0 Å². The number of carbonyl (C=O) groups excluding carboxylic acids is 1. The maximum Gasteiger partial charge on any atom is 0.407 e. The number of hydrogen-bond acceptors (Lipinski definition) is 4. The summed E-state index contributed by atoms with van der Waals surface area (Å²) in [5, 5.41) is 11.9. The van der Waals surface area contributed by atoms with Crippen molar-refractivity contribution < 1.29 is 14.6 Å². The van der Waals surface area contributed by atoms with Gasteiger partial charge in [0.05, 0.1) is 0 Å². The van der Waals surface area contributed by atoms with Gasteiger partial charge in [-0.25, -0.2) is 4.79 Å². The maximum absolute atomic E-state index is 11.7. The fourth-order valence-electron chi connectivity index (χ4n) is 1.54. The molecule has 1 rings (SSSR count). The molecule has 0 spiro atoms. The summed E-state index contributed by atoms with van der Waals surface area (Å²) in [6, 6.07) is 9.85. The summed E-state index contributed by atoms with van der Waals surface area (Å²) >= 11 is 1.65. The number of thioether (sulfide) groups is 1. The number of hydrogen-bond donors (Lipinski definition) is 2. The molecule has 0 fully saturated rings. The highest BCUT2D eigenvalue weighted by Crippen LogP contribution is 2.19. The second kappa shape index (κ2) is 8.17. The number of alkyl carbamates (subject to hydrolysis) is 1. The number of carbonyl (C=O) groups is 1. The molecule has 1 amide bonds. The number of rotatable bonds is 6. The smallest absolute Gasteiger partial charge is 0.407 e. The topological polar surface area (TPSA) is 58.6 Å². The van der Waals surface area contributed by atoms with E-state index in [9.17, 15) is 4.79 Å². The standard InChI is InChI=1S/C15H23NO3S/c1-15(2,3)19-14(18)16-12(9-10-17)11-20-13-7-5-4-6-8-13/h4-8,12,17H,9-11H2,1-3H3,(H,16,18)/t12-/m0/s1. The Morgan fingerprint density at radius 2 is 2.00 bits per heavy atom. The third-order valence-corrected chi connectivity index (χ3v) is 3.57. The van der Waals surface area contributed by atoms with Gasteiger partial charge in [-0.2, -0.15) is 0 Å². The third-order valence-electron chi connectivity index (χ3n) is 2.39. The van der Waals surface area contributed by atoms with Crippen LogP contribution in [0.15, 0.2) is 35.2 Å². The first kappa shape index (κ1) is 16.9. The van der Waals surface area contributed by atoms with Crippen molar-refractivity contribution in [1.29, 1.82) is 0 Å². The maximum atomic E-state index is 11.7. The monoisotopic (exact) mass is 297 g/mol. The highest BCUT2D eigenvalue weighted by Gasteiger charge is 2.19. The zero-order valence-corrected chi connectivity index (χ0v) is 13.1. The Balaban J connectivity index is 2.46. The van der Waals surface area contributed by atoms with Crippen molar-refractivity contribution in [2.45, 2.75) is 43.7 Å². The number of aliphatic hydroxyl groups is 1. The van der Waals surface area contributed by atoms with Gasteiger partial charge in [0.1, 0.15) is 5.60 Å². The molecule has 0 aliphatic heterocycles. The molecule has 20 heavy (non-hydrogen) atoms. The van der Waals surface area contributed by atoms with Gasteiger partial charge in [-0.1, -0.05) is 18.2 Å². The third kappa shape index (κ3) is 7.40. The van der Waals surface area contributed by atoms with Gasteiger partial charge in [0.2, 0.25) is 0 Å². The SMILES string of the molecule is CC(C)(C)OC(=O)N[C@@H](CCO)CSc1ccccc1. The largest absolute Gasteiger partial charge is 0.444 e. The minimum absolute atomic E-state index is 0.0375. The Hall–Kier alpha value is -1.20. The summed E-state index contributed by atoms with van der Waals surface area (Å²) in [7, 11) is 0. The Morgan fingerprint density at radius 1 is 1.35 bits per heavy atom. The summed E-state index contributed by atoms with van der Waals surface area (Å²) in [5.74, 6) is 0.698. The molecule has 0 aliphatic carbocycles. The molecule has 1 atom stereocenters. The number of amides is 1. The van der Waals surface area contributed by atoms with Gasteiger partial charge in [-0.05, 0) is 39.3 Å². The van der Waals surface area contributed by atoms with Gasteiger partial charge in [0, 0.05) is 23.3 Å². The second-order valence-electron chi connectivity index (χ2n) is 5.48. The van der Waals surface area contributed by atoms with Crippen molar-refractivity contribution in [3.05, 3.63) is 30.3 Å². The summed E-state index contributed by atoms with van der Waals surface area (Å²) < 4.78 is 5.23. The number of benzene rings is 1. The average molecular weight is 297 g/mol. The summed E-state index contributed by atoms with van der Waals surface area (Å²) in [6.07, 6.45) is 0.0728. The van der Waals surface area contributed by atoms with E-state index in [1.54, 1.807) is 11.8 Å². The molecule has 0 aromatic heterocycles. The van der Waals surface area contributed by atoms with Crippen molar-refractivity contribution in [1.82, 2.24) is 5.32 Å². The lowest BCUT2D eigenvalue weighted by Gasteiger charge is -2.23. The summed E-state index contributed by atoms with van der Waals surface area (Å²) in [4.78, 5) is 12.9. The van der Waals surface area contributed by atoms with E-state index in [2.05, 4.69) is 5.32 Å². The fraction of sp³-hybridized carbons (Fsp3) is 0.533. The first-order valence-corrected chi connectivity index (χ1v) is 7.67. The Morgan fingerprint density at radius 3 is 2.55 bits per heavy atom. The molecule has 1 aromatic rings. The van der Waals surface area contributed by atoms with Crippen molar-refractivity contribution in [2.24, 2.45) is 0 Å². The van der Waals surface area contributed by atoms with E-state index in [1.165, 1.54) is 0 Å². The number of nitrogens with one attached hydrogen (secondary N) is 1. The van der Waals surface area contributed by atoms with Crippen molar-refractivity contribution >= 4 is 17.9 Å². The van der Waals surface area contributed by atoms with E-state index in [4.69, 9.17) is 9.84 Å². The highest BCUT2D eigenvalue weighted by molar-refractivity contribution is 7.99. The van der Waals surface area contributed by atoms with Gasteiger partial charge in [0.25, 0.3) is 0 Å². The molecule has 5 heteroatoms. The second-order valence-corrected chi connectivity index (χ2v) is 6.57. The van der Waals surface area contributed by atoms with E-state index in [1.807, 2.05) is 51.1 Å². The highest BCUT2D eigenvalue weighted by atomic mass is 32.2. The van der Waals surface area contributed by atoms with Crippen LogP contribution in [-0.2, 0) is 4.74 Å². The quantitative estimate of drug-likeness (QED) is 0.792. The Labute approximate surface area is 124 Å². The van der Waals surface area contributed by atoms with Crippen molar-refractivity contribution in [3.8, 4) is 0 Å². The summed E-state index contributed by atoms with van der Waals surface area (Å²) in [6.45, 7) is 5.51. The molecular weight excluding hydrogens is 274 g/mol. The molecule has 0 radical (unpaired) electrons.